The van der Waals surface area contributed by atoms with E-state index in [-0.39, 0.29) is 15.8 Å². The van der Waals surface area contributed by atoms with Crippen LogP contribution >= 0.6 is 11.8 Å². The first-order valence-corrected chi connectivity index (χ1v) is 7.19. The highest BCUT2D eigenvalue weighted by Gasteiger charge is 2.25. The topological polar surface area (TPSA) is 89.3 Å². The van der Waals surface area contributed by atoms with Crippen molar-refractivity contribution in [2.24, 2.45) is 10.2 Å². The number of amidine groups is 1. The van der Waals surface area contributed by atoms with Crippen LogP contribution in [0, 0.1) is 11.6 Å². The zero-order chi connectivity index (χ0) is 17.7. The van der Waals surface area contributed by atoms with E-state index in [9.17, 15) is 18.4 Å². The Bertz CT molecular complexity index is 754. The molecule has 24 heavy (non-hydrogen) atoms. The number of thioether (sulfide) groups is 1. The van der Waals surface area contributed by atoms with Gasteiger partial charge in [0.25, 0.3) is 5.91 Å². The maximum atomic E-state index is 13.7. The molecule has 1 aromatic carbocycles. The van der Waals surface area contributed by atoms with Crippen LogP contribution in [0.1, 0.15) is 5.56 Å². The van der Waals surface area contributed by atoms with Gasteiger partial charge in [-0.1, -0.05) is 0 Å². The fourth-order valence-electron chi connectivity index (χ4n) is 1.58. The Kier molecular flexibility index (Phi) is 5.64. The quantitative estimate of drug-likeness (QED) is 0.383. The predicted octanol–water partition coefficient (Wildman–Crippen LogP) is 1.58. The van der Waals surface area contributed by atoms with Crippen molar-refractivity contribution < 1.29 is 27.8 Å². The molecule has 1 amide bonds. The molecule has 1 fully saturated rings. The van der Waals surface area contributed by atoms with Crippen LogP contribution in [0.4, 0.5) is 8.78 Å². The second kappa shape index (κ2) is 7.68. The Balaban J connectivity index is 2.15. The van der Waals surface area contributed by atoms with Crippen molar-refractivity contribution in [2.75, 3.05) is 14.2 Å². The third-order valence-electron chi connectivity index (χ3n) is 2.72. The predicted molar refractivity (Wildman–Crippen MR) is 83.8 cm³/mol. The molecule has 0 spiro atoms. The number of hydrogen-bond acceptors (Lipinski definition) is 7. The van der Waals surface area contributed by atoms with Crippen LogP contribution in [0.5, 0.6) is 5.75 Å². The van der Waals surface area contributed by atoms with Crippen LogP contribution in [0.15, 0.2) is 33.3 Å². The van der Waals surface area contributed by atoms with Crippen molar-refractivity contribution in [2.45, 2.75) is 0 Å². The second-order valence-electron chi connectivity index (χ2n) is 4.24. The summed E-state index contributed by atoms with van der Waals surface area (Å²) in [5.74, 6) is -2.96. The fraction of sp³-hybridized carbons (Fsp3) is 0.143. The van der Waals surface area contributed by atoms with E-state index in [1.54, 1.807) is 0 Å². The number of hydrogen-bond donors (Lipinski definition) is 1. The lowest BCUT2D eigenvalue weighted by Crippen LogP contribution is -2.19. The summed E-state index contributed by atoms with van der Waals surface area (Å²) < 4.78 is 36.6. The van der Waals surface area contributed by atoms with Gasteiger partial charge < -0.3 is 9.47 Å². The molecule has 126 valence electrons. The molecule has 1 aromatic rings. The number of nitrogens with zero attached hydrogens (tertiary/aromatic N) is 2. The zero-order valence-electron chi connectivity index (χ0n) is 12.5. The van der Waals surface area contributed by atoms with Gasteiger partial charge in [0.2, 0.25) is 0 Å². The molecule has 0 unspecified atom stereocenters. The number of benzene rings is 1. The molecule has 1 heterocycles. The lowest BCUT2D eigenvalue weighted by Gasteiger charge is -2.02. The number of ether oxygens (including phenoxy) is 2. The first-order valence-electron chi connectivity index (χ1n) is 6.37. The minimum atomic E-state index is -0.870. The number of nitrogens with one attached hydrogen (secondary N) is 1. The van der Waals surface area contributed by atoms with E-state index in [4.69, 9.17) is 4.74 Å². The Morgan fingerprint density at radius 2 is 1.96 bits per heavy atom. The summed E-state index contributed by atoms with van der Waals surface area (Å²) in [6.45, 7) is 0. The van der Waals surface area contributed by atoms with Crippen LogP contribution in [0.3, 0.4) is 0 Å². The van der Waals surface area contributed by atoms with Gasteiger partial charge in [0.05, 0.1) is 30.9 Å². The molecule has 0 aromatic heterocycles. The molecule has 0 radical (unpaired) electrons. The number of rotatable bonds is 4. The number of halogens is 2. The van der Waals surface area contributed by atoms with Crippen LogP contribution in [-0.4, -0.2) is 37.5 Å². The van der Waals surface area contributed by atoms with E-state index < -0.39 is 29.1 Å². The lowest BCUT2D eigenvalue weighted by atomic mass is 10.2. The molecule has 7 nitrogen and oxygen atoms in total. The van der Waals surface area contributed by atoms with Gasteiger partial charge in [-0.15, -0.1) is 5.10 Å². The number of methoxy groups -OCH3 is 2. The van der Waals surface area contributed by atoms with Gasteiger partial charge >= 0.3 is 5.97 Å². The smallest absolute Gasteiger partial charge is 0.331 e. The van der Waals surface area contributed by atoms with E-state index in [1.807, 2.05) is 0 Å². The highest BCUT2D eigenvalue weighted by atomic mass is 32.2. The standard InChI is InChI=1S/C14H11F2N3O4S/c1-22-7-3-9(15)8(10(16)4-7)6-17-19-14-18-13(21)11(24-14)5-12(20)23-2/h3-6H,1-2H3,(H,18,19,21)/b11-5+,17-6?. The molecule has 1 N–H and O–H groups in total. The molecule has 0 saturated carbocycles. The van der Waals surface area contributed by atoms with Crippen molar-refractivity contribution >= 4 is 35.0 Å². The molecule has 1 aliphatic heterocycles. The van der Waals surface area contributed by atoms with Gasteiger partial charge in [-0.25, -0.2) is 13.6 Å². The first-order chi connectivity index (χ1) is 11.4. The number of carbonyl (C=O) groups is 2. The summed E-state index contributed by atoms with van der Waals surface area (Å²) in [4.78, 5) is 22.7. The third kappa shape index (κ3) is 4.16. The van der Waals surface area contributed by atoms with Gasteiger partial charge in [0, 0.05) is 18.2 Å². The zero-order valence-corrected chi connectivity index (χ0v) is 13.3. The molecule has 2 rings (SSSR count). The summed E-state index contributed by atoms with van der Waals surface area (Å²) in [5, 5.41) is 9.57. The molecular formula is C14H11F2N3O4S. The average molecular weight is 355 g/mol. The maximum Gasteiger partial charge on any atom is 0.331 e. The van der Waals surface area contributed by atoms with Crippen molar-refractivity contribution in [3.63, 3.8) is 0 Å². The molecular weight excluding hydrogens is 344 g/mol. The summed E-state index contributed by atoms with van der Waals surface area (Å²) in [6.07, 6.45) is 1.86. The highest BCUT2D eigenvalue weighted by Crippen LogP contribution is 2.23. The van der Waals surface area contributed by atoms with E-state index in [1.165, 1.54) is 14.2 Å². The third-order valence-corrected chi connectivity index (χ3v) is 3.62. The average Bonchev–Trinajstić information content (AvgIpc) is 2.89. The van der Waals surface area contributed by atoms with Gasteiger partial charge in [-0.05, 0) is 11.8 Å². The Hall–Kier alpha value is -2.75. The fourth-order valence-corrected chi connectivity index (χ4v) is 2.32. The summed E-state index contributed by atoms with van der Waals surface area (Å²) in [6, 6.07) is 2.00. The van der Waals surface area contributed by atoms with Crippen molar-refractivity contribution in [1.82, 2.24) is 5.32 Å². The van der Waals surface area contributed by atoms with Crippen LogP contribution < -0.4 is 10.1 Å². The number of carbonyl (C=O) groups excluding carboxylic acids is 2. The van der Waals surface area contributed by atoms with Gasteiger partial charge in [0.1, 0.15) is 17.4 Å². The highest BCUT2D eigenvalue weighted by molar-refractivity contribution is 8.18. The Morgan fingerprint density at radius 1 is 1.29 bits per heavy atom. The SMILES string of the molecule is COC(=O)/C=C1/S/C(=N\N=Cc2c(F)cc(OC)cc2F)NC1=O. The number of amides is 1. The van der Waals surface area contributed by atoms with Crippen LogP contribution in [0.25, 0.3) is 0 Å². The van der Waals surface area contributed by atoms with Crippen LogP contribution in [0.2, 0.25) is 0 Å². The van der Waals surface area contributed by atoms with Crippen molar-refractivity contribution in [1.29, 1.82) is 0 Å². The maximum absolute atomic E-state index is 13.7. The minimum absolute atomic E-state index is 0.0321. The lowest BCUT2D eigenvalue weighted by molar-refractivity contribution is -0.135. The molecule has 0 atom stereocenters. The molecule has 1 saturated heterocycles. The van der Waals surface area contributed by atoms with E-state index in [0.29, 0.717) is 0 Å². The summed E-state index contributed by atoms with van der Waals surface area (Å²) >= 11 is 0.840. The summed E-state index contributed by atoms with van der Waals surface area (Å²) in [5.41, 5.74) is -0.403. The monoisotopic (exact) mass is 355 g/mol. The molecule has 0 aliphatic carbocycles. The van der Waals surface area contributed by atoms with Crippen LogP contribution in [-0.2, 0) is 14.3 Å². The molecule has 0 bridgehead atoms. The second-order valence-corrected chi connectivity index (χ2v) is 5.27. The Labute approximate surface area is 139 Å². The normalized spacial score (nSPS) is 17.6. The first kappa shape index (κ1) is 17.6. The van der Waals surface area contributed by atoms with Crippen molar-refractivity contribution in [3.8, 4) is 5.75 Å². The van der Waals surface area contributed by atoms with Gasteiger partial charge in [0.15, 0.2) is 5.17 Å². The summed E-state index contributed by atoms with van der Waals surface area (Å²) in [7, 11) is 2.46. The number of esters is 1. The van der Waals surface area contributed by atoms with Crippen molar-refractivity contribution in [3.05, 3.63) is 40.3 Å². The van der Waals surface area contributed by atoms with E-state index in [0.717, 1.165) is 36.2 Å². The minimum Gasteiger partial charge on any atom is -0.497 e. The Morgan fingerprint density at radius 3 is 2.54 bits per heavy atom. The van der Waals surface area contributed by atoms with Gasteiger partial charge in [-0.2, -0.15) is 5.10 Å². The molecule has 10 heteroatoms. The van der Waals surface area contributed by atoms with Gasteiger partial charge in [-0.3, -0.25) is 10.1 Å². The molecule has 1 aliphatic rings. The van der Waals surface area contributed by atoms with E-state index in [2.05, 4.69) is 20.3 Å². The van der Waals surface area contributed by atoms with E-state index >= 15 is 0 Å². The largest absolute Gasteiger partial charge is 0.497 e.